The molecule has 2 aliphatic heterocycles. The minimum absolute atomic E-state index is 0.204. The fourth-order valence-corrected chi connectivity index (χ4v) is 2.57. The maximum Gasteiger partial charge on any atom is 0.326 e. The second kappa shape index (κ2) is 5.47. The van der Waals surface area contributed by atoms with Gasteiger partial charge in [0.05, 0.1) is 0 Å². The molecular formula is C15H15NO5. The zero-order valence-corrected chi connectivity index (χ0v) is 11.3. The van der Waals surface area contributed by atoms with Gasteiger partial charge < -0.3 is 19.5 Å². The Kier molecular flexibility index (Phi) is 3.51. The second-order valence-corrected chi connectivity index (χ2v) is 4.97. The van der Waals surface area contributed by atoms with Gasteiger partial charge in [0.1, 0.15) is 6.04 Å². The summed E-state index contributed by atoms with van der Waals surface area (Å²) in [6.45, 7) is 0.691. The van der Waals surface area contributed by atoms with Gasteiger partial charge in [-0.05, 0) is 36.6 Å². The molecule has 1 amide bonds. The van der Waals surface area contributed by atoms with Crippen LogP contribution in [0.2, 0.25) is 0 Å². The van der Waals surface area contributed by atoms with Crippen LogP contribution < -0.4 is 9.47 Å². The second-order valence-electron chi connectivity index (χ2n) is 4.97. The van der Waals surface area contributed by atoms with E-state index in [1.807, 2.05) is 6.07 Å². The number of nitrogens with zero attached hydrogens (tertiary/aromatic N) is 1. The molecule has 1 aromatic rings. The molecule has 3 rings (SSSR count). The number of amides is 1. The SMILES string of the molecule is O=C(O)[C@H]1CCCN1C(=O)/C=C/c1ccc2c(c1)OCO2. The van der Waals surface area contributed by atoms with E-state index < -0.39 is 12.0 Å². The zero-order valence-electron chi connectivity index (χ0n) is 11.3. The summed E-state index contributed by atoms with van der Waals surface area (Å²) in [6.07, 6.45) is 4.29. The monoisotopic (exact) mass is 289 g/mol. The summed E-state index contributed by atoms with van der Waals surface area (Å²) in [5.41, 5.74) is 0.804. The molecule has 2 aliphatic rings. The fraction of sp³-hybridized carbons (Fsp3) is 0.333. The first kappa shape index (κ1) is 13.5. The van der Waals surface area contributed by atoms with Crippen LogP contribution in [0.4, 0.5) is 0 Å². The van der Waals surface area contributed by atoms with Gasteiger partial charge in [-0.3, -0.25) is 4.79 Å². The number of carboxylic acid groups (broad SMARTS) is 1. The molecule has 0 saturated carbocycles. The average Bonchev–Trinajstić information content (AvgIpc) is 3.12. The Morgan fingerprint density at radius 3 is 2.90 bits per heavy atom. The number of likely N-dealkylation sites (tertiary alicyclic amines) is 1. The standard InChI is InChI=1S/C15H15NO5/c17-14(16-7-1-2-11(16)15(18)19)6-4-10-3-5-12-13(8-10)21-9-20-12/h3-6,8,11H,1-2,7,9H2,(H,18,19)/b6-4+/t11-/m1/s1. The average molecular weight is 289 g/mol. The van der Waals surface area contributed by atoms with E-state index in [0.29, 0.717) is 24.5 Å². The van der Waals surface area contributed by atoms with Gasteiger partial charge in [-0.2, -0.15) is 0 Å². The van der Waals surface area contributed by atoms with Crippen molar-refractivity contribution in [1.29, 1.82) is 0 Å². The van der Waals surface area contributed by atoms with Crippen LogP contribution in [-0.2, 0) is 9.59 Å². The topological polar surface area (TPSA) is 76.1 Å². The highest BCUT2D eigenvalue weighted by atomic mass is 16.7. The van der Waals surface area contributed by atoms with Gasteiger partial charge in [-0.25, -0.2) is 4.79 Å². The number of fused-ring (bicyclic) bond motifs is 1. The minimum Gasteiger partial charge on any atom is -0.480 e. The summed E-state index contributed by atoms with van der Waals surface area (Å²) in [5, 5.41) is 9.08. The van der Waals surface area contributed by atoms with E-state index >= 15 is 0 Å². The summed E-state index contributed by atoms with van der Waals surface area (Å²) < 4.78 is 10.5. The molecule has 0 radical (unpaired) electrons. The van der Waals surface area contributed by atoms with Crippen LogP contribution in [0.1, 0.15) is 18.4 Å². The maximum absolute atomic E-state index is 12.1. The number of hydrogen-bond donors (Lipinski definition) is 1. The van der Waals surface area contributed by atoms with E-state index in [4.69, 9.17) is 14.6 Å². The Bertz CT molecular complexity index is 610. The highest BCUT2D eigenvalue weighted by molar-refractivity contribution is 5.94. The number of rotatable bonds is 3. The van der Waals surface area contributed by atoms with E-state index in [1.54, 1.807) is 18.2 Å². The third-order valence-corrected chi connectivity index (χ3v) is 3.64. The van der Waals surface area contributed by atoms with Crippen LogP contribution in [0.25, 0.3) is 6.08 Å². The summed E-state index contributed by atoms with van der Waals surface area (Å²) in [4.78, 5) is 24.6. The maximum atomic E-state index is 12.1. The molecule has 0 aliphatic carbocycles. The van der Waals surface area contributed by atoms with Gasteiger partial charge in [0.2, 0.25) is 12.7 Å². The molecule has 0 unspecified atom stereocenters. The van der Waals surface area contributed by atoms with E-state index in [9.17, 15) is 9.59 Å². The van der Waals surface area contributed by atoms with E-state index in [-0.39, 0.29) is 12.7 Å². The minimum atomic E-state index is -0.947. The van der Waals surface area contributed by atoms with Crippen molar-refractivity contribution >= 4 is 18.0 Å². The Hall–Kier alpha value is -2.50. The molecule has 110 valence electrons. The van der Waals surface area contributed by atoms with Crippen molar-refractivity contribution in [3.05, 3.63) is 29.8 Å². The molecule has 6 nitrogen and oxygen atoms in total. The molecule has 0 aromatic heterocycles. The summed E-state index contributed by atoms with van der Waals surface area (Å²) >= 11 is 0. The number of ether oxygens (including phenoxy) is 2. The lowest BCUT2D eigenvalue weighted by Gasteiger charge is -2.19. The van der Waals surface area contributed by atoms with Crippen LogP contribution in [0.3, 0.4) is 0 Å². The number of aliphatic carboxylic acids is 1. The zero-order chi connectivity index (χ0) is 14.8. The van der Waals surface area contributed by atoms with Crippen LogP contribution in [0.5, 0.6) is 11.5 Å². The number of benzene rings is 1. The molecule has 0 spiro atoms. The van der Waals surface area contributed by atoms with E-state index in [0.717, 1.165) is 12.0 Å². The molecule has 1 atom stereocenters. The van der Waals surface area contributed by atoms with Gasteiger partial charge in [-0.15, -0.1) is 0 Å². The van der Waals surface area contributed by atoms with Crippen LogP contribution >= 0.6 is 0 Å². The molecule has 2 heterocycles. The molecule has 1 aromatic carbocycles. The van der Waals surface area contributed by atoms with Gasteiger partial charge in [-0.1, -0.05) is 6.07 Å². The molecule has 0 bridgehead atoms. The summed E-state index contributed by atoms with van der Waals surface area (Å²) in [5.74, 6) is 0.105. The molecule has 21 heavy (non-hydrogen) atoms. The largest absolute Gasteiger partial charge is 0.480 e. The van der Waals surface area contributed by atoms with Gasteiger partial charge in [0, 0.05) is 12.6 Å². The van der Waals surface area contributed by atoms with Gasteiger partial charge in [0.25, 0.3) is 0 Å². The lowest BCUT2D eigenvalue weighted by atomic mass is 10.2. The molecule has 1 fully saturated rings. The van der Waals surface area contributed by atoms with Crippen molar-refractivity contribution in [2.75, 3.05) is 13.3 Å². The number of hydrogen-bond acceptors (Lipinski definition) is 4. The number of carbonyl (C=O) groups is 2. The van der Waals surface area contributed by atoms with E-state index in [1.165, 1.54) is 11.0 Å². The lowest BCUT2D eigenvalue weighted by Crippen LogP contribution is -2.39. The number of carbonyl (C=O) groups excluding carboxylic acids is 1. The number of carboxylic acids is 1. The first-order valence-electron chi connectivity index (χ1n) is 6.76. The summed E-state index contributed by atoms with van der Waals surface area (Å²) in [7, 11) is 0. The normalized spacial score (nSPS) is 20.2. The van der Waals surface area contributed by atoms with Crippen molar-refractivity contribution in [3.8, 4) is 11.5 Å². The van der Waals surface area contributed by atoms with Crippen molar-refractivity contribution in [3.63, 3.8) is 0 Å². The third kappa shape index (κ3) is 2.69. The van der Waals surface area contributed by atoms with Crippen molar-refractivity contribution in [2.24, 2.45) is 0 Å². The van der Waals surface area contributed by atoms with Gasteiger partial charge >= 0.3 is 5.97 Å². The van der Waals surface area contributed by atoms with Crippen molar-refractivity contribution in [2.45, 2.75) is 18.9 Å². The predicted molar refractivity (Wildman–Crippen MR) is 74.0 cm³/mol. The Balaban J connectivity index is 1.71. The molecule has 1 saturated heterocycles. The first-order chi connectivity index (χ1) is 10.1. The Morgan fingerprint density at radius 2 is 2.10 bits per heavy atom. The van der Waals surface area contributed by atoms with E-state index in [2.05, 4.69) is 0 Å². The van der Waals surface area contributed by atoms with Crippen LogP contribution in [-0.4, -0.2) is 41.3 Å². The molecular weight excluding hydrogens is 274 g/mol. The lowest BCUT2D eigenvalue weighted by molar-refractivity contribution is -0.146. The smallest absolute Gasteiger partial charge is 0.326 e. The highest BCUT2D eigenvalue weighted by Gasteiger charge is 2.32. The molecule has 6 heteroatoms. The first-order valence-corrected chi connectivity index (χ1v) is 6.76. The summed E-state index contributed by atoms with van der Waals surface area (Å²) in [6, 6.07) is 4.67. The third-order valence-electron chi connectivity index (χ3n) is 3.64. The predicted octanol–water partition coefficient (Wildman–Crippen LogP) is 1.50. The van der Waals surface area contributed by atoms with Crippen molar-refractivity contribution in [1.82, 2.24) is 4.90 Å². The quantitative estimate of drug-likeness (QED) is 0.853. The Morgan fingerprint density at radius 1 is 1.29 bits per heavy atom. The Labute approximate surface area is 121 Å². The highest BCUT2D eigenvalue weighted by Crippen LogP contribution is 2.32. The fourth-order valence-electron chi connectivity index (χ4n) is 2.57. The van der Waals surface area contributed by atoms with Crippen molar-refractivity contribution < 1.29 is 24.2 Å². The van der Waals surface area contributed by atoms with Crippen LogP contribution in [0, 0.1) is 0 Å². The molecule has 1 N–H and O–H groups in total. The van der Waals surface area contributed by atoms with Gasteiger partial charge in [0.15, 0.2) is 11.5 Å². The van der Waals surface area contributed by atoms with Crippen LogP contribution in [0.15, 0.2) is 24.3 Å².